The van der Waals surface area contributed by atoms with Gasteiger partial charge in [0, 0.05) is 24.2 Å². The second kappa shape index (κ2) is 10.5. The molecule has 0 spiro atoms. The minimum Gasteiger partial charge on any atom is -0.478 e. The zero-order chi connectivity index (χ0) is 23.9. The van der Waals surface area contributed by atoms with Gasteiger partial charge in [0.25, 0.3) is 0 Å². The second-order valence-corrected chi connectivity index (χ2v) is 7.87. The maximum atomic E-state index is 12.4. The number of hydrogen-bond acceptors (Lipinski definition) is 4. The van der Waals surface area contributed by atoms with Crippen molar-refractivity contribution in [3.63, 3.8) is 0 Å². The number of hydrogen-bond donors (Lipinski definition) is 3. The Bertz CT molecular complexity index is 1190. The first kappa shape index (κ1) is 22.8. The van der Waals surface area contributed by atoms with E-state index in [4.69, 9.17) is 9.84 Å². The lowest BCUT2D eigenvalue weighted by Crippen LogP contribution is -2.25. The van der Waals surface area contributed by atoms with Crippen molar-refractivity contribution in [1.29, 1.82) is 0 Å². The van der Waals surface area contributed by atoms with Crippen LogP contribution in [0.4, 0.5) is 10.5 Å². The Kier molecular flexibility index (Phi) is 7.03. The van der Waals surface area contributed by atoms with E-state index in [-0.39, 0.29) is 31.4 Å². The summed E-state index contributed by atoms with van der Waals surface area (Å²) in [6.07, 6.45) is 1.94. The van der Waals surface area contributed by atoms with E-state index in [1.807, 2.05) is 24.3 Å². The number of ether oxygens (including phenoxy) is 1. The van der Waals surface area contributed by atoms with E-state index in [1.165, 1.54) is 17.2 Å². The average Bonchev–Trinajstić information content (AvgIpc) is 3.15. The smallest absolute Gasteiger partial charge is 0.411 e. The third-order valence-electron chi connectivity index (χ3n) is 5.59. The fourth-order valence-corrected chi connectivity index (χ4v) is 4.04. The van der Waals surface area contributed by atoms with Crippen LogP contribution in [0.3, 0.4) is 0 Å². The topological polar surface area (TPSA) is 105 Å². The number of amides is 2. The number of benzene rings is 3. The summed E-state index contributed by atoms with van der Waals surface area (Å²) in [6, 6.07) is 23.2. The summed E-state index contributed by atoms with van der Waals surface area (Å²) in [7, 11) is 0. The van der Waals surface area contributed by atoms with Gasteiger partial charge in [0.05, 0.1) is 6.42 Å². The highest BCUT2D eigenvalue weighted by Crippen LogP contribution is 2.44. The van der Waals surface area contributed by atoms with E-state index in [9.17, 15) is 14.4 Å². The molecule has 0 unspecified atom stereocenters. The Balaban J connectivity index is 1.29. The highest BCUT2D eigenvalue weighted by atomic mass is 16.5. The number of nitrogens with one attached hydrogen (secondary N) is 2. The summed E-state index contributed by atoms with van der Waals surface area (Å²) in [5.41, 5.74) is 5.97. The third kappa shape index (κ3) is 5.50. The van der Waals surface area contributed by atoms with Crippen LogP contribution in [0, 0.1) is 0 Å². The Morgan fingerprint density at radius 1 is 0.882 bits per heavy atom. The van der Waals surface area contributed by atoms with Gasteiger partial charge in [0.15, 0.2) is 0 Å². The number of carboxylic acid groups (broad SMARTS) is 1. The van der Waals surface area contributed by atoms with Crippen molar-refractivity contribution >= 4 is 23.7 Å². The number of fused-ring (bicyclic) bond motifs is 3. The van der Waals surface area contributed by atoms with Gasteiger partial charge in [-0.2, -0.15) is 0 Å². The summed E-state index contributed by atoms with van der Waals surface area (Å²) in [6.45, 7) is 0.376. The van der Waals surface area contributed by atoms with E-state index in [1.54, 1.807) is 24.3 Å². The Morgan fingerprint density at radius 3 is 2.12 bits per heavy atom. The highest BCUT2D eigenvalue weighted by Gasteiger charge is 2.28. The number of anilines is 1. The summed E-state index contributed by atoms with van der Waals surface area (Å²) in [4.78, 5) is 34.7. The molecule has 0 radical (unpaired) electrons. The summed E-state index contributed by atoms with van der Waals surface area (Å²) < 4.78 is 5.55. The molecule has 0 aromatic heterocycles. The first-order valence-corrected chi connectivity index (χ1v) is 10.9. The largest absolute Gasteiger partial charge is 0.478 e. The molecular formula is C27H24N2O5. The fraction of sp³-hybridized carbons (Fsp3) is 0.148. The molecule has 7 heteroatoms. The summed E-state index contributed by atoms with van der Waals surface area (Å²) >= 11 is 0. The molecule has 0 saturated heterocycles. The van der Waals surface area contributed by atoms with Crippen LogP contribution in [0.25, 0.3) is 11.1 Å². The SMILES string of the molecule is O=C(O)/C=C/CNC(=O)Cc1ccc(NC(=O)OCC2c3ccccc3-c3ccccc32)cc1. The van der Waals surface area contributed by atoms with E-state index < -0.39 is 12.1 Å². The van der Waals surface area contributed by atoms with Crippen LogP contribution in [0.1, 0.15) is 22.6 Å². The molecule has 0 atom stereocenters. The molecule has 1 aliphatic carbocycles. The van der Waals surface area contributed by atoms with Gasteiger partial charge in [-0.3, -0.25) is 10.1 Å². The van der Waals surface area contributed by atoms with E-state index in [0.29, 0.717) is 5.69 Å². The maximum absolute atomic E-state index is 12.4. The van der Waals surface area contributed by atoms with Crippen molar-refractivity contribution in [2.24, 2.45) is 0 Å². The Morgan fingerprint density at radius 2 is 1.50 bits per heavy atom. The van der Waals surface area contributed by atoms with Crippen LogP contribution in [-0.4, -0.2) is 36.2 Å². The first-order chi connectivity index (χ1) is 16.5. The second-order valence-electron chi connectivity index (χ2n) is 7.87. The Labute approximate surface area is 197 Å². The van der Waals surface area contributed by atoms with Crippen molar-refractivity contribution in [1.82, 2.24) is 5.32 Å². The predicted molar refractivity (Wildman–Crippen MR) is 129 cm³/mol. The lowest BCUT2D eigenvalue weighted by molar-refractivity contribution is -0.131. The summed E-state index contributed by atoms with van der Waals surface area (Å²) in [5, 5.41) is 13.9. The van der Waals surface area contributed by atoms with Gasteiger partial charge in [-0.1, -0.05) is 66.7 Å². The van der Waals surface area contributed by atoms with Gasteiger partial charge in [0.2, 0.25) is 5.91 Å². The number of carboxylic acids is 1. The molecule has 2 amide bonds. The van der Waals surface area contributed by atoms with Crippen LogP contribution in [-0.2, 0) is 20.7 Å². The molecule has 3 aromatic rings. The molecule has 0 aliphatic heterocycles. The van der Waals surface area contributed by atoms with Gasteiger partial charge < -0.3 is 15.2 Å². The molecule has 0 fully saturated rings. The molecule has 7 nitrogen and oxygen atoms in total. The van der Waals surface area contributed by atoms with Crippen molar-refractivity contribution in [3.05, 3.63) is 102 Å². The zero-order valence-electron chi connectivity index (χ0n) is 18.4. The normalized spacial score (nSPS) is 12.1. The van der Waals surface area contributed by atoms with Crippen LogP contribution >= 0.6 is 0 Å². The third-order valence-corrected chi connectivity index (χ3v) is 5.59. The highest BCUT2D eigenvalue weighted by molar-refractivity contribution is 5.85. The van der Waals surface area contributed by atoms with Gasteiger partial charge in [-0.05, 0) is 39.9 Å². The van der Waals surface area contributed by atoms with Crippen molar-refractivity contribution in [2.75, 3.05) is 18.5 Å². The van der Waals surface area contributed by atoms with E-state index in [0.717, 1.165) is 22.8 Å². The van der Waals surface area contributed by atoms with Gasteiger partial charge in [-0.25, -0.2) is 9.59 Å². The van der Waals surface area contributed by atoms with Crippen LogP contribution in [0.2, 0.25) is 0 Å². The monoisotopic (exact) mass is 456 g/mol. The first-order valence-electron chi connectivity index (χ1n) is 10.9. The molecule has 3 N–H and O–H groups in total. The molecule has 1 aliphatic rings. The van der Waals surface area contributed by atoms with Gasteiger partial charge in [0.1, 0.15) is 6.61 Å². The van der Waals surface area contributed by atoms with E-state index >= 15 is 0 Å². The minimum atomic E-state index is -1.06. The Hall–Kier alpha value is -4.39. The molecule has 4 rings (SSSR count). The van der Waals surface area contributed by atoms with Gasteiger partial charge >= 0.3 is 12.1 Å². The van der Waals surface area contributed by atoms with Crippen LogP contribution in [0.5, 0.6) is 0 Å². The molecule has 0 saturated carbocycles. The number of carbonyl (C=O) groups excluding carboxylic acids is 2. The predicted octanol–water partition coefficient (Wildman–Crippen LogP) is 4.35. The van der Waals surface area contributed by atoms with Crippen molar-refractivity contribution in [2.45, 2.75) is 12.3 Å². The molecule has 172 valence electrons. The number of rotatable bonds is 8. The summed E-state index contributed by atoms with van der Waals surface area (Å²) in [5.74, 6) is -1.30. The molecular weight excluding hydrogens is 432 g/mol. The lowest BCUT2D eigenvalue weighted by atomic mass is 9.98. The molecule has 0 bridgehead atoms. The van der Waals surface area contributed by atoms with Crippen molar-refractivity contribution in [3.8, 4) is 11.1 Å². The van der Waals surface area contributed by atoms with Gasteiger partial charge in [-0.15, -0.1) is 0 Å². The van der Waals surface area contributed by atoms with E-state index in [2.05, 4.69) is 34.9 Å². The fourth-order valence-electron chi connectivity index (χ4n) is 4.04. The number of carbonyl (C=O) groups is 3. The average molecular weight is 456 g/mol. The quantitative estimate of drug-likeness (QED) is 0.437. The lowest BCUT2D eigenvalue weighted by Gasteiger charge is -2.14. The standard InChI is InChI=1S/C27H24N2O5/c30-25(28-15-5-10-26(31)32)16-18-11-13-19(14-12-18)29-27(33)34-17-24-22-8-3-1-6-20(22)21-7-2-4-9-23(21)24/h1-14,24H,15-17H2,(H,28,30)(H,29,33)(H,31,32)/b10-5+. The minimum absolute atomic E-state index is 0.00983. The molecule has 34 heavy (non-hydrogen) atoms. The zero-order valence-corrected chi connectivity index (χ0v) is 18.4. The molecule has 3 aromatic carbocycles. The van der Waals surface area contributed by atoms with Crippen LogP contribution < -0.4 is 10.6 Å². The number of aliphatic carboxylic acids is 1. The van der Waals surface area contributed by atoms with Crippen molar-refractivity contribution < 1.29 is 24.2 Å². The molecule has 0 heterocycles. The maximum Gasteiger partial charge on any atom is 0.411 e. The van der Waals surface area contributed by atoms with Crippen LogP contribution in [0.15, 0.2) is 84.9 Å².